The Bertz CT molecular complexity index is 304. The lowest BCUT2D eigenvalue weighted by Crippen LogP contribution is -2.14. The standard InChI is InChI=1S/C11H20N2OS/c1-5-6-8(14)7-9-12-10(13-15-9)11(2,3)4/h8,14H,5-7H2,1-4H3. The summed E-state index contributed by atoms with van der Waals surface area (Å²) in [7, 11) is 0. The van der Waals surface area contributed by atoms with Crippen LogP contribution in [0.5, 0.6) is 0 Å². The van der Waals surface area contributed by atoms with E-state index in [9.17, 15) is 5.11 Å². The lowest BCUT2D eigenvalue weighted by molar-refractivity contribution is 0.163. The summed E-state index contributed by atoms with van der Waals surface area (Å²) in [4.78, 5) is 4.45. The molecule has 1 aromatic heterocycles. The molecule has 0 saturated carbocycles. The van der Waals surface area contributed by atoms with Crippen molar-refractivity contribution in [3.63, 3.8) is 0 Å². The lowest BCUT2D eigenvalue weighted by atomic mass is 9.96. The van der Waals surface area contributed by atoms with Crippen LogP contribution in [0.1, 0.15) is 51.4 Å². The van der Waals surface area contributed by atoms with E-state index in [0.29, 0.717) is 6.42 Å². The van der Waals surface area contributed by atoms with Gasteiger partial charge in [-0.1, -0.05) is 34.1 Å². The molecule has 3 nitrogen and oxygen atoms in total. The monoisotopic (exact) mass is 228 g/mol. The van der Waals surface area contributed by atoms with Gasteiger partial charge in [0.05, 0.1) is 6.10 Å². The van der Waals surface area contributed by atoms with Crippen molar-refractivity contribution in [2.45, 2.75) is 58.5 Å². The van der Waals surface area contributed by atoms with Gasteiger partial charge >= 0.3 is 0 Å². The molecule has 1 N–H and O–H groups in total. The van der Waals surface area contributed by atoms with E-state index < -0.39 is 0 Å². The number of aliphatic hydroxyl groups is 1. The summed E-state index contributed by atoms with van der Waals surface area (Å²) in [6.45, 7) is 8.37. The third kappa shape index (κ3) is 3.87. The van der Waals surface area contributed by atoms with E-state index in [-0.39, 0.29) is 11.5 Å². The normalized spacial score (nSPS) is 14.2. The van der Waals surface area contributed by atoms with Crippen LogP contribution in [-0.2, 0) is 11.8 Å². The Morgan fingerprint density at radius 2 is 2.07 bits per heavy atom. The number of aliphatic hydroxyl groups excluding tert-OH is 1. The van der Waals surface area contributed by atoms with Gasteiger partial charge in [0.2, 0.25) is 0 Å². The van der Waals surface area contributed by atoms with E-state index in [2.05, 4.69) is 37.1 Å². The Hall–Kier alpha value is -0.480. The molecule has 0 spiro atoms. The second-order valence-corrected chi connectivity index (χ2v) is 5.74. The Balaban J connectivity index is 2.61. The van der Waals surface area contributed by atoms with Crippen LogP contribution in [0.15, 0.2) is 0 Å². The summed E-state index contributed by atoms with van der Waals surface area (Å²) in [5.74, 6) is 0.881. The molecular formula is C11H20N2OS. The predicted octanol–water partition coefficient (Wildman–Crippen LogP) is 2.54. The average Bonchev–Trinajstić information content (AvgIpc) is 2.52. The summed E-state index contributed by atoms with van der Waals surface area (Å²) in [5, 5.41) is 10.6. The van der Waals surface area contributed by atoms with Crippen LogP contribution in [0.25, 0.3) is 0 Å². The molecule has 0 amide bonds. The van der Waals surface area contributed by atoms with Gasteiger partial charge in [-0.05, 0) is 18.0 Å². The molecule has 4 heteroatoms. The molecule has 0 aliphatic rings. The maximum Gasteiger partial charge on any atom is 0.147 e. The van der Waals surface area contributed by atoms with Crippen LogP contribution in [0, 0.1) is 0 Å². The van der Waals surface area contributed by atoms with Gasteiger partial charge < -0.3 is 5.11 Å². The lowest BCUT2D eigenvalue weighted by Gasteiger charge is -2.12. The zero-order valence-electron chi connectivity index (χ0n) is 9.95. The summed E-state index contributed by atoms with van der Waals surface area (Å²) < 4.78 is 4.32. The van der Waals surface area contributed by atoms with Gasteiger partial charge in [0.15, 0.2) is 0 Å². The minimum Gasteiger partial charge on any atom is -0.393 e. The van der Waals surface area contributed by atoms with Crippen LogP contribution in [0.3, 0.4) is 0 Å². The third-order valence-electron chi connectivity index (χ3n) is 2.17. The quantitative estimate of drug-likeness (QED) is 0.861. The zero-order chi connectivity index (χ0) is 11.5. The molecule has 1 atom stereocenters. The number of rotatable bonds is 4. The third-order valence-corrected chi connectivity index (χ3v) is 2.90. The topological polar surface area (TPSA) is 46.0 Å². The van der Waals surface area contributed by atoms with Crippen molar-refractivity contribution in [1.29, 1.82) is 0 Å². The highest BCUT2D eigenvalue weighted by molar-refractivity contribution is 7.05. The molecule has 1 heterocycles. The van der Waals surface area contributed by atoms with Crippen molar-refractivity contribution in [3.8, 4) is 0 Å². The van der Waals surface area contributed by atoms with Crippen LogP contribution in [-0.4, -0.2) is 20.6 Å². The summed E-state index contributed by atoms with van der Waals surface area (Å²) in [6.07, 6.45) is 2.22. The smallest absolute Gasteiger partial charge is 0.147 e. The van der Waals surface area contributed by atoms with Crippen molar-refractivity contribution in [1.82, 2.24) is 9.36 Å². The molecule has 0 aromatic carbocycles. The van der Waals surface area contributed by atoms with E-state index in [0.717, 1.165) is 23.7 Å². The summed E-state index contributed by atoms with van der Waals surface area (Å²) in [6, 6.07) is 0. The summed E-state index contributed by atoms with van der Waals surface area (Å²) in [5.41, 5.74) is 0.00442. The van der Waals surface area contributed by atoms with Crippen molar-refractivity contribution < 1.29 is 5.11 Å². The Kier molecular flexibility index (Phi) is 4.22. The van der Waals surface area contributed by atoms with E-state index in [1.54, 1.807) is 0 Å². The average molecular weight is 228 g/mol. The Labute approximate surface area is 95.7 Å². The van der Waals surface area contributed by atoms with Crippen molar-refractivity contribution >= 4 is 11.5 Å². The van der Waals surface area contributed by atoms with Crippen LogP contribution in [0.4, 0.5) is 0 Å². The Morgan fingerprint density at radius 1 is 1.40 bits per heavy atom. The minimum atomic E-state index is -0.268. The van der Waals surface area contributed by atoms with Gasteiger partial charge in [0.25, 0.3) is 0 Å². The van der Waals surface area contributed by atoms with Crippen molar-refractivity contribution in [3.05, 3.63) is 10.8 Å². The molecule has 0 aliphatic heterocycles. The van der Waals surface area contributed by atoms with Crippen molar-refractivity contribution in [2.75, 3.05) is 0 Å². The van der Waals surface area contributed by atoms with Crippen LogP contribution < -0.4 is 0 Å². The first kappa shape index (κ1) is 12.6. The first-order valence-corrected chi connectivity index (χ1v) is 6.22. The van der Waals surface area contributed by atoms with Gasteiger partial charge in [0.1, 0.15) is 10.8 Å². The fraction of sp³-hybridized carbons (Fsp3) is 0.818. The van der Waals surface area contributed by atoms with E-state index in [1.807, 2.05) is 0 Å². The first-order valence-electron chi connectivity index (χ1n) is 5.44. The van der Waals surface area contributed by atoms with Gasteiger partial charge in [-0.15, -0.1) is 0 Å². The van der Waals surface area contributed by atoms with E-state index >= 15 is 0 Å². The number of hydrogen-bond donors (Lipinski definition) is 1. The second-order valence-electron chi connectivity index (χ2n) is 4.91. The molecule has 0 radical (unpaired) electrons. The zero-order valence-corrected chi connectivity index (χ0v) is 10.8. The highest BCUT2D eigenvalue weighted by Gasteiger charge is 2.20. The maximum atomic E-state index is 9.65. The van der Waals surface area contributed by atoms with Crippen LogP contribution >= 0.6 is 11.5 Å². The largest absolute Gasteiger partial charge is 0.393 e. The van der Waals surface area contributed by atoms with Gasteiger partial charge in [-0.25, -0.2) is 4.98 Å². The molecule has 15 heavy (non-hydrogen) atoms. The first-order chi connectivity index (χ1) is 6.93. The highest BCUT2D eigenvalue weighted by atomic mass is 32.1. The maximum absolute atomic E-state index is 9.65. The molecular weight excluding hydrogens is 208 g/mol. The van der Waals surface area contributed by atoms with Crippen LogP contribution in [0.2, 0.25) is 0 Å². The number of nitrogens with zero attached hydrogens (tertiary/aromatic N) is 2. The molecule has 0 fully saturated rings. The number of aromatic nitrogens is 2. The van der Waals surface area contributed by atoms with Crippen molar-refractivity contribution in [2.24, 2.45) is 0 Å². The Morgan fingerprint density at radius 3 is 2.53 bits per heavy atom. The molecule has 0 aliphatic carbocycles. The predicted molar refractivity (Wildman–Crippen MR) is 63.2 cm³/mol. The SMILES string of the molecule is CCCC(O)Cc1nc(C(C)(C)C)ns1. The fourth-order valence-corrected chi connectivity index (χ4v) is 2.18. The minimum absolute atomic E-state index is 0.00442. The summed E-state index contributed by atoms with van der Waals surface area (Å²) >= 11 is 1.41. The second kappa shape index (κ2) is 5.03. The van der Waals surface area contributed by atoms with Gasteiger partial charge in [-0.3, -0.25) is 0 Å². The van der Waals surface area contributed by atoms with E-state index in [1.165, 1.54) is 11.5 Å². The van der Waals surface area contributed by atoms with Gasteiger partial charge in [-0.2, -0.15) is 4.37 Å². The molecule has 0 bridgehead atoms. The fourth-order valence-electron chi connectivity index (χ4n) is 1.28. The molecule has 1 aromatic rings. The molecule has 1 unspecified atom stereocenters. The number of hydrogen-bond acceptors (Lipinski definition) is 4. The molecule has 86 valence electrons. The molecule has 1 rings (SSSR count). The van der Waals surface area contributed by atoms with E-state index in [4.69, 9.17) is 0 Å². The highest BCUT2D eigenvalue weighted by Crippen LogP contribution is 2.21. The molecule has 0 saturated heterocycles. The van der Waals surface area contributed by atoms with Gasteiger partial charge in [0, 0.05) is 11.8 Å².